The number of nitrogens with one attached hydrogen (secondary N) is 1. The van der Waals surface area contributed by atoms with Gasteiger partial charge < -0.3 is 15.2 Å². The Labute approximate surface area is 150 Å². The van der Waals surface area contributed by atoms with Crippen LogP contribution in [0, 0.1) is 0 Å². The number of aromatic nitrogens is 1. The highest BCUT2D eigenvalue weighted by atomic mass is 32.2. The molecular weight excluding hydrogens is 339 g/mol. The van der Waals surface area contributed by atoms with Gasteiger partial charge in [0, 0.05) is 35.8 Å². The largest absolute Gasteiger partial charge is 0.491 e. The van der Waals surface area contributed by atoms with Gasteiger partial charge in [0.05, 0.1) is 23.1 Å². The number of aliphatic hydroxyl groups is 1. The number of ether oxygens (including phenoxy) is 1. The molecule has 0 fully saturated rings. The smallest absolute Gasteiger partial charge is 0.120 e. The molecule has 0 bridgehead atoms. The van der Waals surface area contributed by atoms with Crippen LogP contribution in [0.3, 0.4) is 0 Å². The lowest BCUT2D eigenvalue weighted by atomic mass is 10.1. The van der Waals surface area contributed by atoms with Gasteiger partial charge in [0.2, 0.25) is 0 Å². The summed E-state index contributed by atoms with van der Waals surface area (Å²) in [6, 6.07) is 17.6. The summed E-state index contributed by atoms with van der Waals surface area (Å²) in [6.45, 7) is 0.0613. The molecule has 25 heavy (non-hydrogen) atoms. The molecule has 130 valence electrons. The van der Waals surface area contributed by atoms with Crippen molar-refractivity contribution in [3.63, 3.8) is 0 Å². The van der Waals surface area contributed by atoms with Gasteiger partial charge >= 0.3 is 0 Å². The maximum absolute atomic E-state index is 12.1. The van der Waals surface area contributed by atoms with Crippen LogP contribution in [0.1, 0.15) is 0 Å². The zero-order valence-corrected chi connectivity index (χ0v) is 14.6. The zero-order valence-electron chi connectivity index (χ0n) is 13.8. The molecule has 0 aliphatic carbocycles. The summed E-state index contributed by atoms with van der Waals surface area (Å²) < 4.78 is 17.6. The van der Waals surface area contributed by atoms with E-state index in [1.165, 1.54) is 0 Å². The van der Waals surface area contributed by atoms with Gasteiger partial charge in [0.15, 0.2) is 0 Å². The highest BCUT2D eigenvalue weighted by Gasteiger charge is 2.07. The zero-order chi connectivity index (χ0) is 17.6. The second-order valence-electron chi connectivity index (χ2n) is 5.62. The maximum Gasteiger partial charge on any atom is 0.120 e. The molecule has 6 heteroatoms. The summed E-state index contributed by atoms with van der Waals surface area (Å²) in [5.41, 5.74) is 3.87. The van der Waals surface area contributed by atoms with Crippen molar-refractivity contribution in [2.75, 3.05) is 24.7 Å². The molecule has 0 aliphatic heterocycles. The molecule has 4 nitrogen and oxygen atoms in total. The third-order valence-corrected chi connectivity index (χ3v) is 4.34. The van der Waals surface area contributed by atoms with Gasteiger partial charge in [-0.25, -0.2) is 4.98 Å². The summed E-state index contributed by atoms with van der Waals surface area (Å²) >= 11 is 0.105. The van der Waals surface area contributed by atoms with Gasteiger partial charge in [-0.1, -0.05) is 18.2 Å². The van der Waals surface area contributed by atoms with Crippen molar-refractivity contribution in [3.8, 4) is 17.0 Å². The lowest BCUT2D eigenvalue weighted by Gasteiger charge is -2.11. The lowest BCUT2D eigenvalue weighted by molar-refractivity contribution is 0.126. The SMILES string of the molecule is CNc1ccc(-c2ccc3cc(OCC(O)CSF)ccc3n2)cc1. The van der Waals surface area contributed by atoms with E-state index in [4.69, 9.17) is 4.74 Å². The highest BCUT2D eigenvalue weighted by molar-refractivity contribution is 7.94. The molecule has 2 aromatic carbocycles. The first-order valence-electron chi connectivity index (χ1n) is 7.93. The van der Waals surface area contributed by atoms with E-state index in [0.29, 0.717) is 5.75 Å². The van der Waals surface area contributed by atoms with E-state index in [9.17, 15) is 8.99 Å². The average molecular weight is 358 g/mol. The van der Waals surface area contributed by atoms with Crippen LogP contribution in [0.4, 0.5) is 9.57 Å². The molecule has 2 N–H and O–H groups in total. The van der Waals surface area contributed by atoms with E-state index >= 15 is 0 Å². The molecule has 1 heterocycles. The van der Waals surface area contributed by atoms with Crippen molar-refractivity contribution in [2.24, 2.45) is 0 Å². The monoisotopic (exact) mass is 358 g/mol. The number of halogens is 1. The number of nitrogens with zero attached hydrogens (tertiary/aromatic N) is 1. The molecule has 0 saturated carbocycles. The van der Waals surface area contributed by atoms with Crippen molar-refractivity contribution in [3.05, 3.63) is 54.6 Å². The Kier molecular flexibility index (Phi) is 5.73. The predicted octanol–water partition coefficient (Wildman–Crippen LogP) is 4.30. The number of benzene rings is 2. The van der Waals surface area contributed by atoms with E-state index < -0.39 is 6.10 Å². The molecule has 3 aromatic rings. The molecule has 1 unspecified atom stereocenters. The van der Waals surface area contributed by atoms with Crippen LogP contribution in [0.2, 0.25) is 0 Å². The van der Waals surface area contributed by atoms with E-state index in [-0.39, 0.29) is 24.5 Å². The van der Waals surface area contributed by atoms with E-state index in [0.717, 1.165) is 27.8 Å². The van der Waals surface area contributed by atoms with Crippen molar-refractivity contribution in [1.29, 1.82) is 0 Å². The van der Waals surface area contributed by atoms with Crippen LogP contribution < -0.4 is 10.1 Å². The third-order valence-electron chi connectivity index (χ3n) is 3.83. The van der Waals surface area contributed by atoms with Crippen LogP contribution in [-0.2, 0) is 0 Å². The minimum Gasteiger partial charge on any atom is -0.491 e. The van der Waals surface area contributed by atoms with Crippen molar-refractivity contribution < 1.29 is 13.7 Å². The topological polar surface area (TPSA) is 54.4 Å². The minimum atomic E-state index is -0.827. The summed E-state index contributed by atoms with van der Waals surface area (Å²) in [5.74, 6) is 0.633. The fourth-order valence-electron chi connectivity index (χ4n) is 2.48. The van der Waals surface area contributed by atoms with Gasteiger partial charge in [-0.2, -0.15) is 3.89 Å². The quantitative estimate of drug-likeness (QED) is 0.659. The van der Waals surface area contributed by atoms with Crippen LogP contribution in [0.25, 0.3) is 22.2 Å². The predicted molar refractivity (Wildman–Crippen MR) is 102 cm³/mol. The fraction of sp³-hybridized carbons (Fsp3) is 0.211. The van der Waals surface area contributed by atoms with Gasteiger partial charge in [-0.3, -0.25) is 0 Å². The first-order valence-corrected chi connectivity index (χ1v) is 8.81. The molecular formula is C19H19FN2O2S. The molecule has 3 rings (SSSR count). The summed E-state index contributed by atoms with van der Waals surface area (Å²) in [7, 11) is 1.89. The van der Waals surface area contributed by atoms with Crippen molar-refractivity contribution in [1.82, 2.24) is 4.98 Å². The Morgan fingerprint density at radius 1 is 1.16 bits per heavy atom. The highest BCUT2D eigenvalue weighted by Crippen LogP contribution is 2.25. The van der Waals surface area contributed by atoms with Gasteiger partial charge in [-0.05, 0) is 36.4 Å². The molecule has 0 aliphatic rings. The van der Waals surface area contributed by atoms with E-state index in [1.807, 2.05) is 55.6 Å². The fourth-order valence-corrected chi connectivity index (χ4v) is 2.72. The van der Waals surface area contributed by atoms with Crippen LogP contribution in [0.15, 0.2) is 54.6 Å². The number of anilines is 1. The normalized spacial score (nSPS) is 12.1. The average Bonchev–Trinajstić information content (AvgIpc) is 2.66. The van der Waals surface area contributed by atoms with Crippen LogP contribution in [-0.4, -0.2) is 35.6 Å². The van der Waals surface area contributed by atoms with Crippen molar-refractivity contribution >= 4 is 28.7 Å². The number of aliphatic hydroxyl groups excluding tert-OH is 1. The molecule has 0 amide bonds. The van der Waals surface area contributed by atoms with Gasteiger partial charge in [0.25, 0.3) is 0 Å². The number of pyridine rings is 1. The second-order valence-corrected chi connectivity index (χ2v) is 6.17. The number of rotatable bonds is 7. The van der Waals surface area contributed by atoms with Gasteiger partial charge in [-0.15, -0.1) is 0 Å². The van der Waals surface area contributed by atoms with Crippen LogP contribution >= 0.6 is 12.1 Å². The molecule has 0 spiro atoms. The van der Waals surface area contributed by atoms with E-state index in [2.05, 4.69) is 10.3 Å². The number of hydrogen-bond acceptors (Lipinski definition) is 5. The Bertz CT molecular complexity index is 842. The number of hydrogen-bond donors (Lipinski definition) is 2. The number of fused-ring (bicyclic) bond motifs is 1. The van der Waals surface area contributed by atoms with Crippen molar-refractivity contribution in [2.45, 2.75) is 6.10 Å². The lowest BCUT2D eigenvalue weighted by Crippen LogP contribution is -2.19. The molecule has 1 atom stereocenters. The Morgan fingerprint density at radius 3 is 2.68 bits per heavy atom. The Balaban J connectivity index is 1.78. The molecule has 1 aromatic heterocycles. The minimum absolute atomic E-state index is 0.00480. The first kappa shape index (κ1) is 17.5. The van der Waals surface area contributed by atoms with Gasteiger partial charge in [0.1, 0.15) is 12.4 Å². The van der Waals surface area contributed by atoms with Crippen LogP contribution in [0.5, 0.6) is 5.75 Å². The Morgan fingerprint density at radius 2 is 1.96 bits per heavy atom. The molecule has 0 saturated heterocycles. The molecule has 0 radical (unpaired) electrons. The summed E-state index contributed by atoms with van der Waals surface area (Å²) in [6.07, 6.45) is -0.827. The van der Waals surface area contributed by atoms with E-state index in [1.54, 1.807) is 6.07 Å². The first-order chi connectivity index (χ1) is 12.2. The maximum atomic E-state index is 12.1. The summed E-state index contributed by atoms with van der Waals surface area (Å²) in [5, 5.41) is 13.6. The Hall–Kier alpha value is -2.31. The second kappa shape index (κ2) is 8.18. The summed E-state index contributed by atoms with van der Waals surface area (Å²) in [4.78, 5) is 4.69. The third kappa shape index (κ3) is 4.41. The standard InChI is InChI=1S/C19H19FN2O2S/c1-21-15-5-2-13(3-6-15)18-8-4-14-10-17(7-9-19(14)22-18)24-11-16(23)12-25-20/h2-10,16,21,23H,11-12H2,1H3.